The van der Waals surface area contributed by atoms with E-state index in [0.717, 1.165) is 12.1 Å². The summed E-state index contributed by atoms with van der Waals surface area (Å²) in [5.41, 5.74) is -1.39. The van der Waals surface area contributed by atoms with Gasteiger partial charge in [0.2, 0.25) is 0 Å². The molecule has 18 heavy (non-hydrogen) atoms. The Morgan fingerprint density at radius 1 is 1.28 bits per heavy atom. The maximum atomic E-state index is 12.6. The van der Waals surface area contributed by atoms with Crippen molar-refractivity contribution in [2.45, 2.75) is 11.1 Å². The monoisotopic (exact) mass is 303 g/mol. The average Bonchev–Trinajstić information content (AvgIpc) is 2.25. The zero-order valence-electron chi connectivity index (χ0n) is 8.59. The summed E-state index contributed by atoms with van der Waals surface area (Å²) in [6, 6.07) is 3.40. The number of halogens is 3. The van der Waals surface area contributed by atoms with Gasteiger partial charge in [0.25, 0.3) is 6.35 Å². The fourth-order valence-electron chi connectivity index (χ4n) is 1.10. The van der Waals surface area contributed by atoms with E-state index in [0.29, 0.717) is 12.1 Å². The molecule has 0 bridgehead atoms. The zero-order chi connectivity index (χ0) is 14.0. The van der Waals surface area contributed by atoms with E-state index in [9.17, 15) is 26.2 Å². The van der Waals surface area contributed by atoms with Gasteiger partial charge in [0.15, 0.2) is 0 Å². The van der Waals surface area contributed by atoms with E-state index >= 15 is 0 Å². The topological polar surface area (TPSA) is 80.7 Å². The lowest BCUT2D eigenvalue weighted by atomic mass is 10.2. The van der Waals surface area contributed by atoms with Gasteiger partial charge in [0, 0.05) is 0 Å². The highest BCUT2D eigenvalue weighted by molar-refractivity contribution is 7.87. The lowest BCUT2D eigenvalue weighted by Gasteiger charge is -2.11. The normalized spacial score (nSPS) is 13.4. The Bertz CT molecular complexity index is 554. The van der Waals surface area contributed by atoms with Crippen molar-refractivity contribution in [1.29, 1.82) is 0 Å². The molecule has 100 valence electrons. The Hall–Kier alpha value is -1.02. The first-order chi connectivity index (χ1) is 8.14. The molecule has 10 heteroatoms. The van der Waals surface area contributed by atoms with Crippen LogP contribution in [0.3, 0.4) is 0 Å². The number of hydrogen-bond donors (Lipinski definition) is 1. The van der Waals surface area contributed by atoms with E-state index in [4.69, 9.17) is 4.89 Å². The maximum Gasteiger partial charge on any atom is 0.535 e. The first-order valence-corrected chi connectivity index (χ1v) is 7.14. The molecule has 0 aliphatic rings. The molecule has 1 unspecified atom stereocenters. The third-order valence-corrected chi connectivity index (χ3v) is 3.63. The number of alkyl halides is 3. The van der Waals surface area contributed by atoms with Gasteiger partial charge in [0.1, 0.15) is 4.90 Å². The van der Waals surface area contributed by atoms with Crippen LogP contribution in [-0.4, -0.2) is 19.7 Å². The summed E-state index contributed by atoms with van der Waals surface area (Å²) in [6.45, 7) is 0. The highest BCUT2D eigenvalue weighted by atomic mass is 32.2. The highest BCUT2D eigenvalue weighted by Gasteiger charge is 2.37. The van der Waals surface area contributed by atoms with Crippen molar-refractivity contribution < 1.29 is 35.2 Å². The third-order valence-electron chi connectivity index (χ3n) is 1.78. The van der Waals surface area contributed by atoms with Gasteiger partial charge < -0.3 is 0 Å². The van der Waals surface area contributed by atoms with Gasteiger partial charge in [-0.15, -0.1) is 0 Å². The molecular formula is C8H7F3O5PS+. The van der Waals surface area contributed by atoms with E-state index in [-0.39, 0.29) is 0 Å². The average molecular weight is 303 g/mol. The standard InChI is InChI=1S/C8H6F3O5PS/c9-8(10,11)6-3-1-2-4-7(6)18(14,15)16-5-17(12)13/h1-4H,5H2/p+1. The van der Waals surface area contributed by atoms with Gasteiger partial charge in [-0.3, -0.25) is 0 Å². The lowest BCUT2D eigenvalue weighted by Crippen LogP contribution is -2.15. The summed E-state index contributed by atoms with van der Waals surface area (Å²) in [6.07, 6.45) is -5.96. The highest BCUT2D eigenvalue weighted by Crippen LogP contribution is 2.34. The lowest BCUT2D eigenvalue weighted by molar-refractivity contribution is -0.140. The molecule has 1 atom stereocenters. The molecule has 0 amide bonds. The molecule has 0 aliphatic heterocycles. The SMILES string of the molecule is O=[P+](O)COS(=O)(=O)c1ccccc1C(F)(F)F. The first-order valence-electron chi connectivity index (χ1n) is 4.34. The van der Waals surface area contributed by atoms with Crippen molar-refractivity contribution in [3.63, 3.8) is 0 Å². The summed E-state index contributed by atoms with van der Waals surface area (Å²) in [4.78, 5) is 7.30. The summed E-state index contributed by atoms with van der Waals surface area (Å²) in [7, 11) is -7.66. The Morgan fingerprint density at radius 2 is 1.83 bits per heavy atom. The van der Waals surface area contributed by atoms with Gasteiger partial charge in [-0.1, -0.05) is 12.1 Å². The van der Waals surface area contributed by atoms with Crippen LogP contribution in [0.1, 0.15) is 5.56 Å². The number of hydrogen-bond acceptors (Lipinski definition) is 4. The van der Waals surface area contributed by atoms with Crippen molar-refractivity contribution >= 4 is 18.1 Å². The fraction of sp³-hybridized carbons (Fsp3) is 0.250. The summed E-state index contributed by atoms with van der Waals surface area (Å²) in [5, 5.41) is 0. The van der Waals surface area contributed by atoms with E-state index in [1.54, 1.807) is 0 Å². The van der Waals surface area contributed by atoms with Crippen LogP contribution in [0, 0.1) is 0 Å². The number of benzene rings is 1. The molecule has 0 heterocycles. The molecule has 1 N–H and O–H groups in total. The quantitative estimate of drug-likeness (QED) is 0.680. The van der Waals surface area contributed by atoms with Crippen molar-refractivity contribution in [3.8, 4) is 0 Å². The molecule has 0 radical (unpaired) electrons. The summed E-state index contributed by atoms with van der Waals surface area (Å²) < 4.78 is 74.9. The molecule has 0 aliphatic carbocycles. The minimum atomic E-state index is -4.87. The number of rotatable bonds is 4. The zero-order valence-corrected chi connectivity index (χ0v) is 10.3. The molecular weight excluding hydrogens is 296 g/mol. The molecule has 5 nitrogen and oxygen atoms in total. The predicted molar refractivity (Wildman–Crippen MR) is 54.4 cm³/mol. The van der Waals surface area contributed by atoms with Crippen LogP contribution in [0.5, 0.6) is 0 Å². The van der Waals surface area contributed by atoms with Crippen LogP contribution in [0.4, 0.5) is 13.2 Å². The molecule has 0 aromatic heterocycles. The minimum Gasteiger partial charge on any atom is -0.213 e. The first kappa shape index (κ1) is 15.0. The molecule has 1 aromatic carbocycles. The van der Waals surface area contributed by atoms with E-state index in [2.05, 4.69) is 4.18 Å². The van der Waals surface area contributed by atoms with Crippen molar-refractivity contribution in [2.75, 3.05) is 6.35 Å². The fourth-order valence-corrected chi connectivity index (χ4v) is 2.84. The van der Waals surface area contributed by atoms with Gasteiger partial charge >= 0.3 is 24.3 Å². The van der Waals surface area contributed by atoms with Crippen molar-refractivity contribution in [1.82, 2.24) is 0 Å². The molecule has 1 aromatic rings. The van der Waals surface area contributed by atoms with Gasteiger partial charge in [-0.2, -0.15) is 26.5 Å². The second-order valence-electron chi connectivity index (χ2n) is 3.05. The second kappa shape index (κ2) is 5.31. The summed E-state index contributed by atoms with van der Waals surface area (Å²) >= 11 is 0. The Morgan fingerprint density at radius 3 is 2.33 bits per heavy atom. The molecule has 0 fully saturated rings. The molecule has 1 rings (SSSR count). The van der Waals surface area contributed by atoms with Gasteiger partial charge in [-0.05, 0) is 16.7 Å². The van der Waals surface area contributed by atoms with E-state index in [1.807, 2.05) is 0 Å². The molecule has 0 spiro atoms. The maximum absolute atomic E-state index is 12.6. The second-order valence-corrected chi connectivity index (χ2v) is 5.59. The predicted octanol–water partition coefficient (Wildman–Crippen LogP) is 2.10. The van der Waals surface area contributed by atoms with E-state index < -0.39 is 41.1 Å². The van der Waals surface area contributed by atoms with Crippen LogP contribution in [0.2, 0.25) is 0 Å². The van der Waals surface area contributed by atoms with Crippen LogP contribution in [0.15, 0.2) is 29.2 Å². The van der Waals surface area contributed by atoms with Crippen LogP contribution in [-0.2, 0) is 25.0 Å². The van der Waals surface area contributed by atoms with Gasteiger partial charge in [-0.25, -0.2) is 4.18 Å². The summed E-state index contributed by atoms with van der Waals surface area (Å²) in [5.74, 6) is 0. The Balaban J connectivity index is 3.21. The van der Waals surface area contributed by atoms with E-state index in [1.165, 1.54) is 0 Å². The third kappa shape index (κ3) is 3.74. The largest absolute Gasteiger partial charge is 0.535 e. The van der Waals surface area contributed by atoms with Crippen molar-refractivity contribution in [2.24, 2.45) is 0 Å². The van der Waals surface area contributed by atoms with Crippen LogP contribution >= 0.6 is 8.03 Å². The minimum absolute atomic E-state index is 0.579. The molecule has 0 saturated carbocycles. The van der Waals surface area contributed by atoms with Crippen LogP contribution in [0.25, 0.3) is 0 Å². The Kier molecular flexibility index (Phi) is 4.44. The smallest absolute Gasteiger partial charge is 0.213 e. The van der Waals surface area contributed by atoms with Crippen molar-refractivity contribution in [3.05, 3.63) is 29.8 Å². The Labute approximate surface area is 101 Å². The van der Waals surface area contributed by atoms with Crippen LogP contribution < -0.4 is 0 Å². The molecule has 0 saturated heterocycles. The van der Waals surface area contributed by atoms with Gasteiger partial charge in [0.05, 0.1) is 5.56 Å².